The molecule has 0 spiro atoms. The van der Waals surface area contributed by atoms with Gasteiger partial charge in [0.05, 0.1) is 30.2 Å². The lowest BCUT2D eigenvalue weighted by atomic mass is 10.00. The highest BCUT2D eigenvalue weighted by Crippen LogP contribution is 2.25. The Kier molecular flexibility index (Phi) is 5.29. The van der Waals surface area contributed by atoms with Gasteiger partial charge in [0.25, 0.3) is 0 Å². The number of methoxy groups -OCH3 is 1. The van der Waals surface area contributed by atoms with Crippen LogP contribution in [0.5, 0.6) is 0 Å². The van der Waals surface area contributed by atoms with Crippen molar-refractivity contribution >= 4 is 23.5 Å². The van der Waals surface area contributed by atoms with Crippen molar-refractivity contribution in [1.29, 1.82) is 0 Å². The standard InChI is InChI=1S/C12H14ClNO5/c1-19-12(18)7-4-6(2-3-8(7)13)11(17)9(15)5-10(14)16/h2-4,9,11,15,17H,5H2,1H3,(H2,14,16). The molecular weight excluding hydrogens is 274 g/mol. The van der Waals surface area contributed by atoms with Crippen LogP contribution in [0.4, 0.5) is 0 Å². The van der Waals surface area contributed by atoms with E-state index in [-0.39, 0.29) is 16.1 Å². The molecule has 0 saturated carbocycles. The first-order valence-electron chi connectivity index (χ1n) is 5.39. The third-order valence-electron chi connectivity index (χ3n) is 2.51. The quantitative estimate of drug-likeness (QED) is 0.679. The molecule has 1 rings (SSSR count). The number of benzene rings is 1. The number of amides is 1. The highest BCUT2D eigenvalue weighted by Gasteiger charge is 2.22. The highest BCUT2D eigenvalue weighted by molar-refractivity contribution is 6.33. The summed E-state index contributed by atoms with van der Waals surface area (Å²) < 4.78 is 4.54. The van der Waals surface area contributed by atoms with Gasteiger partial charge in [-0.25, -0.2) is 4.79 Å². The van der Waals surface area contributed by atoms with Crippen LogP contribution in [0.25, 0.3) is 0 Å². The van der Waals surface area contributed by atoms with Crippen molar-refractivity contribution in [3.05, 3.63) is 34.3 Å². The Balaban J connectivity index is 3.01. The summed E-state index contributed by atoms with van der Waals surface area (Å²) in [4.78, 5) is 22.1. The number of carbonyl (C=O) groups excluding carboxylic acids is 2. The maximum atomic E-state index is 11.4. The number of aliphatic hydroxyl groups excluding tert-OH is 2. The fourth-order valence-corrected chi connectivity index (χ4v) is 1.73. The van der Waals surface area contributed by atoms with E-state index in [1.54, 1.807) is 0 Å². The average Bonchev–Trinajstić information content (AvgIpc) is 2.36. The van der Waals surface area contributed by atoms with Gasteiger partial charge in [0.1, 0.15) is 6.10 Å². The fraction of sp³-hybridized carbons (Fsp3) is 0.333. The maximum absolute atomic E-state index is 11.4. The van der Waals surface area contributed by atoms with Crippen LogP contribution in [0.2, 0.25) is 5.02 Å². The van der Waals surface area contributed by atoms with E-state index >= 15 is 0 Å². The molecule has 2 atom stereocenters. The zero-order valence-corrected chi connectivity index (χ0v) is 10.9. The van der Waals surface area contributed by atoms with Gasteiger partial charge in [-0.1, -0.05) is 17.7 Å². The van der Waals surface area contributed by atoms with Crippen LogP contribution < -0.4 is 5.73 Å². The minimum absolute atomic E-state index is 0.0620. The Morgan fingerprint density at radius 2 is 2.05 bits per heavy atom. The summed E-state index contributed by atoms with van der Waals surface area (Å²) in [6, 6.07) is 4.12. The Morgan fingerprint density at radius 3 is 2.58 bits per heavy atom. The number of rotatable bonds is 5. The van der Waals surface area contributed by atoms with Gasteiger partial charge in [-0.05, 0) is 17.7 Å². The molecule has 0 aliphatic rings. The van der Waals surface area contributed by atoms with Crippen molar-refractivity contribution in [2.24, 2.45) is 5.73 Å². The van der Waals surface area contributed by atoms with Crippen molar-refractivity contribution in [1.82, 2.24) is 0 Å². The van der Waals surface area contributed by atoms with E-state index in [2.05, 4.69) is 4.74 Å². The van der Waals surface area contributed by atoms with Crippen molar-refractivity contribution in [2.45, 2.75) is 18.6 Å². The van der Waals surface area contributed by atoms with Crippen LogP contribution in [0.3, 0.4) is 0 Å². The number of nitrogens with two attached hydrogens (primary N) is 1. The molecule has 104 valence electrons. The molecule has 1 aromatic rings. The zero-order valence-electron chi connectivity index (χ0n) is 10.2. The molecule has 6 nitrogen and oxygen atoms in total. The topological polar surface area (TPSA) is 110 Å². The number of aliphatic hydroxyl groups is 2. The van der Waals surface area contributed by atoms with Crippen LogP contribution >= 0.6 is 11.6 Å². The lowest BCUT2D eigenvalue weighted by Crippen LogP contribution is -2.25. The normalized spacial score (nSPS) is 13.7. The van der Waals surface area contributed by atoms with E-state index in [1.165, 1.54) is 25.3 Å². The van der Waals surface area contributed by atoms with Gasteiger partial charge >= 0.3 is 5.97 Å². The Bertz CT molecular complexity index is 491. The third-order valence-corrected chi connectivity index (χ3v) is 2.84. The Labute approximate surface area is 114 Å². The molecular formula is C12H14ClNO5. The Hall–Kier alpha value is -1.63. The van der Waals surface area contributed by atoms with Crippen LogP contribution in [0.1, 0.15) is 28.4 Å². The average molecular weight is 288 g/mol. The summed E-state index contributed by atoms with van der Waals surface area (Å²) in [5, 5.41) is 19.6. The van der Waals surface area contributed by atoms with E-state index in [9.17, 15) is 19.8 Å². The summed E-state index contributed by atoms with van der Waals surface area (Å²) >= 11 is 5.82. The van der Waals surface area contributed by atoms with Crippen LogP contribution in [-0.2, 0) is 9.53 Å². The molecule has 0 fully saturated rings. The van der Waals surface area contributed by atoms with Crippen molar-refractivity contribution in [3.63, 3.8) is 0 Å². The van der Waals surface area contributed by atoms with Crippen LogP contribution in [0, 0.1) is 0 Å². The molecule has 1 amide bonds. The Morgan fingerprint density at radius 1 is 1.42 bits per heavy atom. The molecule has 0 aromatic heterocycles. The van der Waals surface area contributed by atoms with Gasteiger partial charge in [-0.3, -0.25) is 4.79 Å². The smallest absolute Gasteiger partial charge is 0.339 e. The first-order valence-corrected chi connectivity index (χ1v) is 5.76. The van der Waals surface area contributed by atoms with Gasteiger partial charge in [0.15, 0.2) is 0 Å². The van der Waals surface area contributed by atoms with E-state index in [4.69, 9.17) is 17.3 Å². The van der Waals surface area contributed by atoms with Crippen molar-refractivity contribution in [3.8, 4) is 0 Å². The number of halogens is 1. The molecule has 0 aliphatic heterocycles. The van der Waals surface area contributed by atoms with E-state index in [1.807, 2.05) is 0 Å². The highest BCUT2D eigenvalue weighted by atomic mass is 35.5. The molecule has 4 N–H and O–H groups in total. The second-order valence-electron chi connectivity index (χ2n) is 3.91. The van der Waals surface area contributed by atoms with Gasteiger partial charge in [-0.15, -0.1) is 0 Å². The fourth-order valence-electron chi connectivity index (χ4n) is 1.53. The summed E-state index contributed by atoms with van der Waals surface area (Å²) in [6.07, 6.45) is -3.10. The molecule has 19 heavy (non-hydrogen) atoms. The number of hydrogen-bond donors (Lipinski definition) is 3. The number of carbonyl (C=O) groups is 2. The monoisotopic (exact) mass is 287 g/mol. The SMILES string of the molecule is COC(=O)c1cc(C(O)C(O)CC(N)=O)ccc1Cl. The molecule has 7 heteroatoms. The molecule has 0 radical (unpaired) electrons. The zero-order chi connectivity index (χ0) is 14.6. The molecule has 1 aromatic carbocycles. The molecule has 2 unspecified atom stereocenters. The van der Waals surface area contributed by atoms with E-state index in [0.717, 1.165) is 0 Å². The van der Waals surface area contributed by atoms with Gasteiger partial charge in [0.2, 0.25) is 5.91 Å². The summed E-state index contributed by atoms with van der Waals surface area (Å²) in [6.45, 7) is 0. The lowest BCUT2D eigenvalue weighted by Gasteiger charge is -2.17. The van der Waals surface area contributed by atoms with Gasteiger partial charge < -0.3 is 20.7 Å². The number of esters is 1. The predicted octanol–water partition coefficient (Wildman–Crippen LogP) is 0.396. The second kappa shape index (κ2) is 6.51. The molecule has 0 saturated heterocycles. The van der Waals surface area contributed by atoms with Gasteiger partial charge in [0, 0.05) is 0 Å². The van der Waals surface area contributed by atoms with Crippen LogP contribution in [0.15, 0.2) is 18.2 Å². The second-order valence-corrected chi connectivity index (χ2v) is 4.32. The van der Waals surface area contributed by atoms with Crippen molar-refractivity contribution in [2.75, 3.05) is 7.11 Å². The molecule has 0 heterocycles. The number of primary amides is 1. The molecule has 0 aliphatic carbocycles. The largest absolute Gasteiger partial charge is 0.465 e. The minimum atomic E-state index is -1.36. The maximum Gasteiger partial charge on any atom is 0.339 e. The summed E-state index contributed by atoms with van der Waals surface area (Å²) in [5.74, 6) is -1.41. The number of hydrogen-bond acceptors (Lipinski definition) is 5. The summed E-state index contributed by atoms with van der Waals surface area (Å²) in [5.41, 5.74) is 5.22. The number of ether oxygens (including phenoxy) is 1. The van der Waals surface area contributed by atoms with E-state index < -0.39 is 30.5 Å². The lowest BCUT2D eigenvalue weighted by molar-refractivity contribution is -0.121. The predicted molar refractivity (Wildman–Crippen MR) is 67.6 cm³/mol. The van der Waals surface area contributed by atoms with Crippen LogP contribution in [-0.4, -0.2) is 35.3 Å². The first kappa shape index (κ1) is 15.4. The first-order chi connectivity index (χ1) is 8.86. The van der Waals surface area contributed by atoms with E-state index in [0.29, 0.717) is 0 Å². The van der Waals surface area contributed by atoms with Gasteiger partial charge in [-0.2, -0.15) is 0 Å². The molecule has 0 bridgehead atoms. The summed E-state index contributed by atoms with van der Waals surface area (Å²) in [7, 11) is 1.20. The third kappa shape index (κ3) is 3.92. The minimum Gasteiger partial charge on any atom is -0.465 e. The van der Waals surface area contributed by atoms with Crippen molar-refractivity contribution < 1.29 is 24.5 Å².